The summed E-state index contributed by atoms with van der Waals surface area (Å²) in [4.78, 5) is 28.3. The van der Waals surface area contributed by atoms with Crippen LogP contribution < -0.4 is 4.90 Å². The molecule has 5 heteroatoms. The minimum absolute atomic E-state index is 0.0702. The van der Waals surface area contributed by atoms with Gasteiger partial charge < -0.3 is 0 Å². The average Bonchev–Trinajstić information content (AvgIpc) is 3.52. The number of carbonyl (C=O) groups is 1. The molecule has 1 aliphatic heterocycles. The number of hydrogen-bond donors (Lipinski definition) is 0. The van der Waals surface area contributed by atoms with E-state index in [0.717, 1.165) is 39.6 Å². The zero-order valence-electron chi connectivity index (χ0n) is 16.3. The summed E-state index contributed by atoms with van der Waals surface area (Å²) in [5.74, 6) is 1.41. The van der Waals surface area contributed by atoms with Gasteiger partial charge in [0.2, 0.25) is 5.91 Å². The van der Waals surface area contributed by atoms with Crippen molar-refractivity contribution in [1.82, 2.24) is 15.0 Å². The number of nitrogens with zero attached hydrogens (tertiary/aromatic N) is 4. The first kappa shape index (κ1) is 17.0. The van der Waals surface area contributed by atoms with Gasteiger partial charge in [-0.3, -0.25) is 14.7 Å². The zero-order chi connectivity index (χ0) is 19.5. The zero-order valence-corrected chi connectivity index (χ0v) is 16.3. The molecular formula is C23H22N4O. The van der Waals surface area contributed by atoms with Crippen LogP contribution in [0.1, 0.15) is 49.7 Å². The Hall–Kier alpha value is -3.08. The van der Waals surface area contributed by atoms with Crippen LogP contribution in [0.15, 0.2) is 48.9 Å². The van der Waals surface area contributed by atoms with Gasteiger partial charge in [0.1, 0.15) is 5.82 Å². The number of fused-ring (bicyclic) bond motifs is 1. The second-order valence-electron chi connectivity index (χ2n) is 8.23. The van der Waals surface area contributed by atoms with Crippen molar-refractivity contribution in [2.45, 2.75) is 44.9 Å². The van der Waals surface area contributed by atoms with Crippen LogP contribution in [0.2, 0.25) is 0 Å². The van der Waals surface area contributed by atoms with Crippen LogP contribution in [0.5, 0.6) is 0 Å². The van der Waals surface area contributed by atoms with Gasteiger partial charge in [0, 0.05) is 29.6 Å². The van der Waals surface area contributed by atoms with E-state index in [1.807, 2.05) is 51.5 Å². The van der Waals surface area contributed by atoms with Gasteiger partial charge in [-0.1, -0.05) is 12.1 Å². The normalized spacial score (nSPS) is 17.7. The van der Waals surface area contributed by atoms with E-state index < -0.39 is 5.41 Å². The standard InChI is InChI=1S/C23H22N4O/c1-14-24-11-17(12-25-14)16-6-8-19-21(10-16)27(22(28)23(19,2)3)18-7-9-20(26-13-18)15-4-5-15/h6-13,15H,4-5H2,1-3H3. The Morgan fingerprint density at radius 1 is 0.964 bits per heavy atom. The van der Waals surface area contributed by atoms with Crippen molar-refractivity contribution in [3.05, 3.63) is 66.0 Å². The summed E-state index contributed by atoms with van der Waals surface area (Å²) >= 11 is 0. The van der Waals surface area contributed by atoms with Crippen LogP contribution in [0.25, 0.3) is 11.1 Å². The molecule has 0 spiro atoms. The highest BCUT2D eigenvalue weighted by molar-refractivity contribution is 6.12. The molecule has 1 saturated carbocycles. The maximum Gasteiger partial charge on any atom is 0.241 e. The molecule has 2 aliphatic rings. The van der Waals surface area contributed by atoms with Crippen molar-refractivity contribution in [2.24, 2.45) is 0 Å². The third-order valence-electron chi connectivity index (χ3n) is 5.79. The maximum absolute atomic E-state index is 13.3. The van der Waals surface area contributed by atoms with Gasteiger partial charge in [0.05, 0.1) is 23.0 Å². The molecule has 140 valence electrons. The molecule has 1 aliphatic carbocycles. The lowest BCUT2D eigenvalue weighted by Gasteiger charge is -2.20. The highest BCUT2D eigenvalue weighted by Gasteiger charge is 2.44. The Morgan fingerprint density at radius 3 is 2.36 bits per heavy atom. The molecule has 0 atom stereocenters. The second kappa shape index (κ2) is 5.96. The molecule has 0 unspecified atom stereocenters. The quantitative estimate of drug-likeness (QED) is 0.672. The average molecular weight is 370 g/mol. The molecule has 0 saturated heterocycles. The van der Waals surface area contributed by atoms with Gasteiger partial charge in [-0.15, -0.1) is 0 Å². The van der Waals surface area contributed by atoms with Gasteiger partial charge in [-0.2, -0.15) is 0 Å². The topological polar surface area (TPSA) is 59.0 Å². The summed E-state index contributed by atoms with van der Waals surface area (Å²) in [7, 11) is 0. The second-order valence-corrected chi connectivity index (χ2v) is 8.23. The molecule has 3 heterocycles. The molecule has 5 rings (SSSR count). The molecule has 2 aromatic heterocycles. The molecular weight excluding hydrogens is 348 g/mol. The minimum atomic E-state index is -0.577. The van der Waals surface area contributed by atoms with Crippen molar-refractivity contribution in [1.29, 1.82) is 0 Å². The Morgan fingerprint density at radius 2 is 1.71 bits per heavy atom. The fourth-order valence-electron chi connectivity index (χ4n) is 3.88. The van der Waals surface area contributed by atoms with Gasteiger partial charge in [-0.25, -0.2) is 9.97 Å². The van der Waals surface area contributed by atoms with Crippen molar-refractivity contribution >= 4 is 17.3 Å². The lowest BCUT2D eigenvalue weighted by molar-refractivity contribution is -0.121. The molecule has 0 bridgehead atoms. The Balaban J connectivity index is 1.60. The van der Waals surface area contributed by atoms with E-state index in [-0.39, 0.29) is 5.91 Å². The maximum atomic E-state index is 13.3. The summed E-state index contributed by atoms with van der Waals surface area (Å²) in [5.41, 5.74) is 5.24. The predicted molar refractivity (Wildman–Crippen MR) is 109 cm³/mol. The number of anilines is 2. The largest absolute Gasteiger partial charge is 0.278 e. The lowest BCUT2D eigenvalue weighted by atomic mass is 9.85. The molecule has 5 nitrogen and oxygen atoms in total. The van der Waals surface area contributed by atoms with E-state index in [9.17, 15) is 4.79 Å². The highest BCUT2D eigenvalue weighted by Crippen LogP contribution is 2.47. The third kappa shape index (κ3) is 2.61. The van der Waals surface area contributed by atoms with E-state index >= 15 is 0 Å². The fourth-order valence-corrected chi connectivity index (χ4v) is 3.88. The van der Waals surface area contributed by atoms with Crippen molar-refractivity contribution < 1.29 is 4.79 Å². The van der Waals surface area contributed by atoms with Crippen molar-refractivity contribution in [2.75, 3.05) is 4.90 Å². The molecule has 1 aromatic carbocycles. The van der Waals surface area contributed by atoms with Gasteiger partial charge in [0.25, 0.3) is 0 Å². The molecule has 1 amide bonds. The monoisotopic (exact) mass is 370 g/mol. The fraction of sp³-hybridized carbons (Fsp3) is 0.304. The van der Waals surface area contributed by atoms with Crippen molar-refractivity contribution in [3.63, 3.8) is 0 Å². The van der Waals surface area contributed by atoms with Crippen molar-refractivity contribution in [3.8, 4) is 11.1 Å². The Kier molecular flexibility index (Phi) is 3.63. The van der Waals surface area contributed by atoms with Crippen LogP contribution in [-0.2, 0) is 10.2 Å². The third-order valence-corrected chi connectivity index (χ3v) is 5.79. The van der Waals surface area contributed by atoms with Gasteiger partial charge in [0.15, 0.2) is 0 Å². The summed E-state index contributed by atoms with van der Waals surface area (Å²) in [6.07, 6.45) is 7.91. The van der Waals surface area contributed by atoms with Crippen LogP contribution in [-0.4, -0.2) is 20.9 Å². The first-order chi connectivity index (χ1) is 13.4. The number of benzene rings is 1. The number of amides is 1. The Labute approximate surface area is 164 Å². The SMILES string of the molecule is Cc1ncc(-c2ccc3c(c2)N(c2ccc(C4CC4)nc2)C(=O)C3(C)C)cn1. The van der Waals surface area contributed by atoms with Gasteiger partial charge in [-0.05, 0) is 62.9 Å². The molecule has 0 N–H and O–H groups in total. The summed E-state index contributed by atoms with van der Waals surface area (Å²) in [5, 5.41) is 0. The van der Waals surface area contributed by atoms with E-state index in [1.54, 1.807) is 4.90 Å². The van der Waals surface area contributed by atoms with Gasteiger partial charge >= 0.3 is 0 Å². The number of aryl methyl sites for hydroxylation is 1. The summed E-state index contributed by atoms with van der Waals surface area (Å²) < 4.78 is 0. The van der Waals surface area contributed by atoms with Crippen LogP contribution in [0, 0.1) is 6.92 Å². The number of aromatic nitrogens is 3. The number of hydrogen-bond acceptors (Lipinski definition) is 4. The molecule has 28 heavy (non-hydrogen) atoms. The Bertz CT molecular complexity index is 1070. The van der Waals surface area contributed by atoms with E-state index in [2.05, 4.69) is 33.2 Å². The first-order valence-corrected chi connectivity index (χ1v) is 9.69. The summed E-state index contributed by atoms with van der Waals surface area (Å²) in [6, 6.07) is 10.2. The number of pyridine rings is 1. The summed E-state index contributed by atoms with van der Waals surface area (Å²) in [6.45, 7) is 5.83. The van der Waals surface area contributed by atoms with E-state index in [0.29, 0.717) is 5.92 Å². The van der Waals surface area contributed by atoms with E-state index in [4.69, 9.17) is 0 Å². The molecule has 0 radical (unpaired) electrons. The number of carbonyl (C=O) groups excluding carboxylic acids is 1. The molecule has 3 aromatic rings. The highest BCUT2D eigenvalue weighted by atomic mass is 16.2. The van der Waals surface area contributed by atoms with E-state index in [1.165, 1.54) is 12.8 Å². The minimum Gasteiger partial charge on any atom is -0.278 e. The van der Waals surface area contributed by atoms with Crippen LogP contribution in [0.3, 0.4) is 0 Å². The first-order valence-electron chi connectivity index (χ1n) is 9.69. The van der Waals surface area contributed by atoms with Crippen LogP contribution in [0.4, 0.5) is 11.4 Å². The number of rotatable bonds is 3. The molecule has 1 fully saturated rings. The lowest BCUT2D eigenvalue weighted by Crippen LogP contribution is -2.33. The smallest absolute Gasteiger partial charge is 0.241 e. The predicted octanol–water partition coefficient (Wildman–Crippen LogP) is 4.68. The van der Waals surface area contributed by atoms with Crippen LogP contribution >= 0.6 is 0 Å².